The molecule has 0 rings (SSSR count). The van der Waals surface area contributed by atoms with Crippen molar-refractivity contribution in [3.63, 3.8) is 0 Å². The van der Waals surface area contributed by atoms with Crippen LogP contribution in [-0.2, 0) is 0 Å². The topological polar surface area (TPSA) is 20.6 Å². The zero-order valence-electron chi connectivity index (χ0n) is 13.6. The molecule has 0 amide bonds. The Balaban J connectivity index is 0. The quantitative estimate of drug-likeness (QED) is 0.559. The van der Waals surface area contributed by atoms with Crippen molar-refractivity contribution < 1.29 is 0 Å². The van der Waals surface area contributed by atoms with Crippen molar-refractivity contribution in [3.8, 4) is 0 Å². The van der Waals surface area contributed by atoms with E-state index >= 15 is 0 Å². The average molecular weight is 359 g/mol. The van der Waals surface area contributed by atoms with Gasteiger partial charge < -0.3 is 15.1 Å². The van der Waals surface area contributed by atoms with E-state index in [9.17, 15) is 0 Å². The Morgan fingerprint density at radius 2 is 1.17 bits per heavy atom. The molecule has 0 aromatic heterocycles. The first-order chi connectivity index (χ1) is 8.54. The van der Waals surface area contributed by atoms with Gasteiger partial charge in [0.25, 0.3) is 0 Å². The summed E-state index contributed by atoms with van der Waals surface area (Å²) in [5.74, 6) is 0. The Labute approximate surface area is 127 Å². The van der Waals surface area contributed by atoms with E-state index in [2.05, 4.69) is 57.2 Å². The molecular formula is C14H34InN3. The second-order valence-electron chi connectivity index (χ2n) is 5.14. The third-order valence-electron chi connectivity index (χ3n) is 2.40. The molecule has 0 fully saturated rings. The molecule has 0 saturated carbocycles. The van der Waals surface area contributed by atoms with Gasteiger partial charge in [0, 0.05) is 0 Å². The molecule has 0 aliphatic carbocycles. The third kappa shape index (κ3) is 25.6. The van der Waals surface area contributed by atoms with Crippen molar-refractivity contribution in [2.45, 2.75) is 35.0 Å². The van der Waals surface area contributed by atoms with Gasteiger partial charge >= 0.3 is 58.0 Å². The standard InChI is InChI=1S/C8H20N3.2C3H7.In/c1-10(2)7-5-9-6-8-11(3)4;2*1-3-2;/h5-8H2,1-4H3;2*1,3H2,2H3;/q-1;;;+1. The molecule has 0 radical (unpaired) electrons. The molecule has 3 nitrogen and oxygen atoms in total. The van der Waals surface area contributed by atoms with Crippen LogP contribution in [0.25, 0.3) is 5.32 Å². The summed E-state index contributed by atoms with van der Waals surface area (Å²) in [6, 6.07) is 0. The van der Waals surface area contributed by atoms with Gasteiger partial charge in [0.15, 0.2) is 0 Å². The molecular weight excluding hydrogens is 325 g/mol. The second kappa shape index (κ2) is 17.8. The van der Waals surface area contributed by atoms with E-state index in [1.807, 2.05) is 0 Å². The minimum Gasteiger partial charge on any atom is -0.660 e. The van der Waals surface area contributed by atoms with Crippen LogP contribution in [0.15, 0.2) is 0 Å². The molecule has 0 aromatic carbocycles. The molecule has 0 aliphatic heterocycles. The monoisotopic (exact) mass is 359 g/mol. The first-order valence-electron chi connectivity index (χ1n) is 7.28. The van der Waals surface area contributed by atoms with Crippen LogP contribution in [0.3, 0.4) is 0 Å². The number of hydrogen-bond donors (Lipinski definition) is 0. The van der Waals surface area contributed by atoms with E-state index in [0.29, 0.717) is 0 Å². The summed E-state index contributed by atoms with van der Waals surface area (Å²) in [5.41, 5.74) is 0. The van der Waals surface area contributed by atoms with Crippen molar-refractivity contribution in [3.05, 3.63) is 5.32 Å². The van der Waals surface area contributed by atoms with Crippen LogP contribution in [0.2, 0.25) is 8.35 Å². The minimum absolute atomic E-state index is 0.0336. The van der Waals surface area contributed by atoms with Crippen LogP contribution in [0.5, 0.6) is 0 Å². The Hall–Kier alpha value is 0.750. The van der Waals surface area contributed by atoms with E-state index in [1.165, 1.54) is 12.8 Å². The van der Waals surface area contributed by atoms with E-state index in [1.54, 1.807) is 8.35 Å². The molecule has 0 saturated heterocycles. The third-order valence-corrected chi connectivity index (χ3v) is 8.02. The average Bonchev–Trinajstić information content (AvgIpc) is 2.29. The van der Waals surface area contributed by atoms with Crippen LogP contribution >= 0.6 is 0 Å². The zero-order valence-corrected chi connectivity index (χ0v) is 16.9. The molecule has 0 atom stereocenters. The summed E-state index contributed by atoms with van der Waals surface area (Å²) in [4.78, 5) is 4.30. The Bertz CT molecular complexity index is 127. The van der Waals surface area contributed by atoms with Gasteiger partial charge in [-0.1, -0.05) is 0 Å². The summed E-state index contributed by atoms with van der Waals surface area (Å²) in [5, 5.41) is 4.37. The maximum Gasteiger partial charge on any atom is -0.0138 e. The SMILES string of the molecule is CC[CH2][In+][CH2]CC.CN(C)CC[N-]CCN(C)C. The van der Waals surface area contributed by atoms with E-state index < -0.39 is 0 Å². The molecule has 108 valence electrons. The van der Waals surface area contributed by atoms with E-state index in [-0.39, 0.29) is 22.9 Å². The Morgan fingerprint density at radius 1 is 0.778 bits per heavy atom. The van der Waals surface area contributed by atoms with Crippen LogP contribution in [0.4, 0.5) is 0 Å². The van der Waals surface area contributed by atoms with Crippen molar-refractivity contribution in [1.82, 2.24) is 9.80 Å². The summed E-state index contributed by atoms with van der Waals surface area (Å²) in [6.45, 7) is 8.63. The first kappa shape index (κ1) is 21.1. The van der Waals surface area contributed by atoms with Crippen molar-refractivity contribution >= 4 is 22.9 Å². The fraction of sp³-hybridized carbons (Fsp3) is 1.00. The molecule has 0 aromatic rings. The van der Waals surface area contributed by atoms with Gasteiger partial charge in [0.05, 0.1) is 0 Å². The number of hydrogen-bond acceptors (Lipinski definition) is 2. The molecule has 18 heavy (non-hydrogen) atoms. The number of likely N-dealkylation sites (N-methyl/N-ethyl adjacent to an activating group) is 2. The van der Waals surface area contributed by atoms with Crippen molar-refractivity contribution in [2.75, 3.05) is 54.4 Å². The molecule has 0 aliphatic rings. The summed E-state index contributed by atoms with van der Waals surface area (Å²) in [6.07, 6.45) is 2.89. The van der Waals surface area contributed by atoms with Gasteiger partial charge in [-0.05, 0) is 41.3 Å². The smallest absolute Gasteiger partial charge is 0.0138 e. The van der Waals surface area contributed by atoms with Gasteiger partial charge in [-0.2, -0.15) is 0 Å². The van der Waals surface area contributed by atoms with Crippen LogP contribution < -0.4 is 0 Å². The van der Waals surface area contributed by atoms with E-state index in [0.717, 1.165) is 26.2 Å². The van der Waals surface area contributed by atoms with Crippen molar-refractivity contribution in [2.24, 2.45) is 0 Å². The maximum atomic E-state index is 4.37. The fourth-order valence-corrected chi connectivity index (χ4v) is 4.36. The minimum atomic E-state index is 0.0336. The second-order valence-corrected chi connectivity index (χ2v) is 10.1. The van der Waals surface area contributed by atoms with Gasteiger partial charge in [-0.15, -0.1) is 13.1 Å². The van der Waals surface area contributed by atoms with Crippen LogP contribution in [0.1, 0.15) is 26.7 Å². The zero-order chi connectivity index (χ0) is 14.2. The van der Waals surface area contributed by atoms with Crippen LogP contribution in [0, 0.1) is 0 Å². The Kier molecular flexibility index (Phi) is 20.8. The van der Waals surface area contributed by atoms with Gasteiger partial charge in [0.1, 0.15) is 0 Å². The van der Waals surface area contributed by atoms with E-state index in [4.69, 9.17) is 0 Å². The number of rotatable bonds is 10. The maximum absolute atomic E-state index is 4.37. The molecule has 0 spiro atoms. The molecule has 0 unspecified atom stereocenters. The van der Waals surface area contributed by atoms with Crippen molar-refractivity contribution in [1.29, 1.82) is 0 Å². The normalized spacial score (nSPS) is 10.2. The predicted octanol–water partition coefficient (Wildman–Crippen LogP) is 2.83. The van der Waals surface area contributed by atoms with Gasteiger partial charge in [-0.3, -0.25) is 0 Å². The molecule has 0 N–H and O–H groups in total. The molecule has 0 heterocycles. The summed E-state index contributed by atoms with van der Waals surface area (Å²) in [7, 11) is 8.28. The molecule has 4 heteroatoms. The largest absolute Gasteiger partial charge is 0.660 e. The van der Waals surface area contributed by atoms with Gasteiger partial charge in [0.2, 0.25) is 0 Å². The van der Waals surface area contributed by atoms with Crippen LogP contribution in [-0.4, -0.2) is 87.1 Å². The number of nitrogens with zero attached hydrogens (tertiary/aromatic N) is 3. The molecule has 0 bridgehead atoms. The predicted molar refractivity (Wildman–Crippen MR) is 86.2 cm³/mol. The van der Waals surface area contributed by atoms with Gasteiger partial charge in [-0.25, -0.2) is 0 Å². The fourth-order valence-electron chi connectivity index (χ4n) is 1.21. The first-order valence-corrected chi connectivity index (χ1v) is 11.9. The summed E-state index contributed by atoms with van der Waals surface area (Å²) >= 11 is 0.0336. The summed E-state index contributed by atoms with van der Waals surface area (Å²) < 4.78 is 3.23. The Morgan fingerprint density at radius 3 is 1.44 bits per heavy atom.